The van der Waals surface area contributed by atoms with E-state index in [9.17, 15) is 9.59 Å². The maximum atomic E-state index is 12.6. The number of hydrogen-bond acceptors (Lipinski definition) is 2. The Morgan fingerprint density at radius 3 is 1.96 bits per heavy atom. The second-order valence-electron chi connectivity index (χ2n) is 7.82. The van der Waals surface area contributed by atoms with Gasteiger partial charge in [0.25, 0.3) is 0 Å². The number of anilines is 1. The van der Waals surface area contributed by atoms with Crippen molar-refractivity contribution < 1.29 is 9.59 Å². The van der Waals surface area contributed by atoms with Gasteiger partial charge in [0.1, 0.15) is 0 Å². The summed E-state index contributed by atoms with van der Waals surface area (Å²) in [6.45, 7) is 10.1. The van der Waals surface area contributed by atoms with Crippen molar-refractivity contribution in [2.24, 2.45) is 5.92 Å². The summed E-state index contributed by atoms with van der Waals surface area (Å²) in [5, 5.41) is 5.91. The highest BCUT2D eigenvalue weighted by Crippen LogP contribution is 2.25. The van der Waals surface area contributed by atoms with E-state index in [4.69, 9.17) is 0 Å². The van der Waals surface area contributed by atoms with Crippen molar-refractivity contribution in [2.45, 2.75) is 59.4 Å². The molecular formula is C24H32N2O2. The molecule has 0 heterocycles. The minimum absolute atomic E-state index is 0.00280. The summed E-state index contributed by atoms with van der Waals surface area (Å²) in [6, 6.07) is 16.0. The molecule has 0 aliphatic rings. The van der Waals surface area contributed by atoms with Crippen molar-refractivity contribution in [2.75, 3.05) is 5.32 Å². The van der Waals surface area contributed by atoms with E-state index in [1.54, 1.807) is 0 Å². The van der Waals surface area contributed by atoms with Gasteiger partial charge < -0.3 is 10.6 Å². The van der Waals surface area contributed by atoms with Gasteiger partial charge in [-0.1, -0.05) is 64.1 Å². The van der Waals surface area contributed by atoms with Crippen LogP contribution in [0.15, 0.2) is 48.5 Å². The van der Waals surface area contributed by atoms with Crippen LogP contribution in [0, 0.1) is 5.92 Å². The molecule has 4 heteroatoms. The molecule has 0 aliphatic carbocycles. The lowest BCUT2D eigenvalue weighted by Crippen LogP contribution is -2.32. The minimum atomic E-state index is -0.107. The van der Waals surface area contributed by atoms with Gasteiger partial charge in [0.15, 0.2) is 0 Å². The lowest BCUT2D eigenvalue weighted by atomic mass is 9.92. The van der Waals surface area contributed by atoms with Gasteiger partial charge in [-0.15, -0.1) is 0 Å². The number of carbonyl (C=O) groups is 2. The van der Waals surface area contributed by atoms with Crippen molar-refractivity contribution in [1.29, 1.82) is 0 Å². The normalized spacial score (nSPS) is 13.1. The summed E-state index contributed by atoms with van der Waals surface area (Å²) in [5.41, 5.74) is 4.12. The topological polar surface area (TPSA) is 58.2 Å². The van der Waals surface area contributed by atoms with Crippen LogP contribution in [0.1, 0.15) is 69.7 Å². The summed E-state index contributed by atoms with van der Waals surface area (Å²) in [7, 11) is 0. The van der Waals surface area contributed by atoms with Gasteiger partial charge in [-0.3, -0.25) is 9.59 Å². The highest BCUT2D eigenvalue weighted by atomic mass is 16.2. The molecule has 0 unspecified atom stereocenters. The summed E-state index contributed by atoms with van der Waals surface area (Å²) in [5.74, 6) is 0.726. The molecule has 0 bridgehead atoms. The Labute approximate surface area is 168 Å². The van der Waals surface area contributed by atoms with Crippen LogP contribution in [0.25, 0.3) is 0 Å². The van der Waals surface area contributed by atoms with Crippen LogP contribution < -0.4 is 10.6 Å². The fraction of sp³-hybridized carbons (Fsp3) is 0.417. The molecule has 0 saturated heterocycles. The molecule has 2 N–H and O–H groups in total. The van der Waals surface area contributed by atoms with Crippen LogP contribution in [0.4, 0.5) is 5.69 Å². The monoisotopic (exact) mass is 380 g/mol. The number of carbonyl (C=O) groups excluding carboxylic acids is 2. The van der Waals surface area contributed by atoms with Gasteiger partial charge >= 0.3 is 0 Å². The van der Waals surface area contributed by atoms with Crippen LogP contribution in [0.5, 0.6) is 0 Å². The van der Waals surface area contributed by atoms with Gasteiger partial charge in [-0.2, -0.15) is 0 Å². The van der Waals surface area contributed by atoms with E-state index in [1.807, 2.05) is 24.3 Å². The van der Waals surface area contributed by atoms with Crippen LogP contribution in [0.3, 0.4) is 0 Å². The first-order valence-electron chi connectivity index (χ1n) is 10.1. The van der Waals surface area contributed by atoms with E-state index >= 15 is 0 Å². The Morgan fingerprint density at radius 2 is 1.46 bits per heavy atom. The largest absolute Gasteiger partial charge is 0.349 e. The average Bonchev–Trinajstić information content (AvgIpc) is 2.66. The smallest absolute Gasteiger partial charge is 0.224 e. The lowest BCUT2D eigenvalue weighted by molar-refractivity contribution is -0.121. The fourth-order valence-electron chi connectivity index (χ4n) is 3.22. The lowest BCUT2D eigenvalue weighted by Gasteiger charge is -2.24. The highest BCUT2D eigenvalue weighted by Gasteiger charge is 2.19. The highest BCUT2D eigenvalue weighted by molar-refractivity contribution is 5.88. The average molecular weight is 381 g/mol. The molecule has 28 heavy (non-hydrogen) atoms. The molecule has 0 saturated carbocycles. The molecule has 2 amide bonds. The minimum Gasteiger partial charge on any atom is -0.349 e. The molecule has 0 radical (unpaired) electrons. The Kier molecular flexibility index (Phi) is 7.80. The zero-order valence-corrected chi connectivity index (χ0v) is 17.6. The molecule has 2 rings (SSSR count). The molecule has 2 atom stereocenters. The molecule has 0 aromatic heterocycles. The standard InChI is InChI=1S/C24H32N2O2/c1-6-17(4)20-9-11-21(12-10-20)24(16(2)3)26-23(28)15-19-7-13-22(14-8-19)25-18(5)27/h7-14,16-17,24H,6,15H2,1-5H3,(H,25,27)(H,26,28)/t17-,24+/m0/s1. The number of rotatable bonds is 8. The van der Waals surface area contributed by atoms with Crippen LogP contribution in [-0.2, 0) is 16.0 Å². The number of hydrogen-bond donors (Lipinski definition) is 2. The van der Waals surface area contributed by atoms with Gasteiger partial charge in [-0.05, 0) is 47.1 Å². The third-order valence-corrected chi connectivity index (χ3v) is 5.10. The van der Waals surface area contributed by atoms with Gasteiger partial charge in [0.05, 0.1) is 12.5 Å². The second-order valence-corrected chi connectivity index (χ2v) is 7.82. The Bertz CT molecular complexity index is 779. The fourth-order valence-corrected chi connectivity index (χ4v) is 3.22. The Balaban J connectivity index is 2.03. The van der Waals surface area contributed by atoms with Gasteiger partial charge in [0.2, 0.25) is 11.8 Å². The van der Waals surface area contributed by atoms with E-state index in [2.05, 4.69) is 62.6 Å². The number of nitrogens with one attached hydrogen (secondary N) is 2. The van der Waals surface area contributed by atoms with E-state index in [0.717, 1.165) is 23.2 Å². The van der Waals surface area contributed by atoms with Crippen molar-refractivity contribution in [1.82, 2.24) is 5.32 Å². The third kappa shape index (κ3) is 6.22. The summed E-state index contributed by atoms with van der Waals surface area (Å²) in [4.78, 5) is 23.7. The molecule has 2 aromatic carbocycles. The first kappa shape index (κ1) is 21.7. The number of amides is 2. The quantitative estimate of drug-likeness (QED) is 0.660. The number of benzene rings is 2. The predicted molar refractivity (Wildman–Crippen MR) is 115 cm³/mol. The predicted octanol–water partition coefficient (Wildman–Crippen LogP) is 5.21. The molecular weight excluding hydrogens is 348 g/mol. The van der Waals surface area contributed by atoms with Crippen LogP contribution in [0.2, 0.25) is 0 Å². The first-order valence-corrected chi connectivity index (χ1v) is 10.1. The van der Waals surface area contributed by atoms with E-state index in [0.29, 0.717) is 18.3 Å². The third-order valence-electron chi connectivity index (χ3n) is 5.10. The Hall–Kier alpha value is -2.62. The zero-order chi connectivity index (χ0) is 20.7. The van der Waals surface area contributed by atoms with E-state index in [1.165, 1.54) is 12.5 Å². The Morgan fingerprint density at radius 1 is 0.893 bits per heavy atom. The molecule has 2 aromatic rings. The summed E-state index contributed by atoms with van der Waals surface area (Å²) >= 11 is 0. The van der Waals surface area contributed by atoms with Crippen molar-refractivity contribution in [3.05, 3.63) is 65.2 Å². The van der Waals surface area contributed by atoms with E-state index in [-0.39, 0.29) is 17.9 Å². The maximum Gasteiger partial charge on any atom is 0.224 e. The van der Waals surface area contributed by atoms with Gasteiger partial charge in [0, 0.05) is 12.6 Å². The molecule has 150 valence electrons. The maximum absolute atomic E-state index is 12.6. The van der Waals surface area contributed by atoms with Gasteiger partial charge in [-0.25, -0.2) is 0 Å². The molecule has 4 nitrogen and oxygen atoms in total. The SMILES string of the molecule is CC[C@H](C)c1ccc([C@H](NC(=O)Cc2ccc(NC(C)=O)cc2)C(C)C)cc1. The summed E-state index contributed by atoms with van der Waals surface area (Å²) < 4.78 is 0. The second kappa shape index (κ2) is 10.1. The van der Waals surface area contributed by atoms with Crippen molar-refractivity contribution >= 4 is 17.5 Å². The van der Waals surface area contributed by atoms with Crippen molar-refractivity contribution in [3.63, 3.8) is 0 Å². The van der Waals surface area contributed by atoms with Crippen LogP contribution >= 0.6 is 0 Å². The summed E-state index contributed by atoms with van der Waals surface area (Å²) in [6.07, 6.45) is 1.43. The zero-order valence-electron chi connectivity index (χ0n) is 17.6. The first-order chi connectivity index (χ1) is 13.3. The van der Waals surface area contributed by atoms with Crippen LogP contribution in [-0.4, -0.2) is 11.8 Å². The van der Waals surface area contributed by atoms with Crippen molar-refractivity contribution in [3.8, 4) is 0 Å². The molecule has 0 aliphatic heterocycles. The van der Waals surface area contributed by atoms with E-state index < -0.39 is 0 Å². The molecule has 0 spiro atoms. The molecule has 0 fully saturated rings.